The van der Waals surface area contributed by atoms with Gasteiger partial charge in [0.15, 0.2) is 0 Å². The quantitative estimate of drug-likeness (QED) is 0.157. The molecular formula is C30H33N4O4+. The number of amides is 2. The summed E-state index contributed by atoms with van der Waals surface area (Å²) in [5.41, 5.74) is 8.25. The number of nitrogens with one attached hydrogen (secondary N) is 2. The first kappa shape index (κ1) is 25.5. The number of para-hydroxylation sites is 3. The smallest absolute Gasteiger partial charge is 0.309 e. The molecule has 2 unspecified atom stereocenters. The number of quaternary nitrogens is 1. The number of nitrogen functional groups attached to an aromatic ring is 1. The molecule has 1 saturated heterocycles. The van der Waals surface area contributed by atoms with Crippen molar-refractivity contribution in [1.29, 1.82) is 0 Å². The molecule has 4 N–H and O–H groups in total. The minimum atomic E-state index is -0.254. The van der Waals surface area contributed by atoms with Crippen molar-refractivity contribution in [3.05, 3.63) is 84.4 Å². The highest BCUT2D eigenvalue weighted by atomic mass is 16.5. The maximum Gasteiger partial charge on any atom is 0.309 e. The highest BCUT2D eigenvalue weighted by molar-refractivity contribution is 6.05. The number of carbonyl (C=O) groups is 2. The van der Waals surface area contributed by atoms with Crippen LogP contribution in [0.1, 0.15) is 29.6 Å². The number of fused-ring (bicyclic) bond motifs is 1. The van der Waals surface area contributed by atoms with Crippen molar-refractivity contribution in [3.8, 4) is 5.75 Å². The van der Waals surface area contributed by atoms with Gasteiger partial charge in [-0.05, 0) is 61.9 Å². The molecule has 2 heterocycles. The minimum absolute atomic E-state index is 0.0331. The van der Waals surface area contributed by atoms with Crippen molar-refractivity contribution in [1.82, 2.24) is 9.80 Å². The third-order valence-electron chi connectivity index (χ3n) is 7.10. The van der Waals surface area contributed by atoms with Crippen LogP contribution in [0.4, 0.5) is 17.3 Å². The van der Waals surface area contributed by atoms with Gasteiger partial charge in [-0.1, -0.05) is 36.8 Å². The van der Waals surface area contributed by atoms with E-state index in [1.54, 1.807) is 36.4 Å². The fraction of sp³-hybridized carbons (Fsp3) is 0.267. The Morgan fingerprint density at radius 1 is 1.08 bits per heavy atom. The highest BCUT2D eigenvalue weighted by Gasteiger charge is 2.37. The van der Waals surface area contributed by atoms with E-state index in [1.807, 2.05) is 42.5 Å². The summed E-state index contributed by atoms with van der Waals surface area (Å²) >= 11 is 0. The monoisotopic (exact) mass is 513 g/mol. The SMILES string of the molecule is Nc1ccccc1NC(=O)c1ccc(OCC[N+](C=O)(CC2CCCCN2)c2cc3ccccc3o2)cc1. The summed E-state index contributed by atoms with van der Waals surface area (Å²) in [6, 6.07) is 24.0. The number of carbonyl (C=O) groups excluding carboxylic acids is 2. The number of piperidine rings is 1. The first-order valence-electron chi connectivity index (χ1n) is 13.0. The van der Waals surface area contributed by atoms with Gasteiger partial charge in [-0.3, -0.25) is 4.79 Å². The van der Waals surface area contributed by atoms with Gasteiger partial charge >= 0.3 is 12.3 Å². The highest BCUT2D eigenvalue weighted by Crippen LogP contribution is 2.31. The van der Waals surface area contributed by atoms with Crippen LogP contribution in [0.15, 0.2) is 83.3 Å². The minimum Gasteiger partial charge on any atom is -0.488 e. The third kappa shape index (κ3) is 5.72. The topological polar surface area (TPSA) is 107 Å². The standard InChI is InChI=1S/C30H32N4O4/c31-26-9-2-3-10-27(26)33-30(36)22-12-14-25(15-13-22)37-18-17-34(21-35,20-24-8-5-6-16-32-24)29-19-23-7-1-4-11-28(23)38-29/h1-4,7,9-15,19,21,24,32H,5-6,8,16-18,20,31H2/p+1. The van der Waals surface area contributed by atoms with E-state index in [2.05, 4.69) is 10.6 Å². The largest absolute Gasteiger partial charge is 0.488 e. The predicted molar refractivity (Wildman–Crippen MR) is 150 cm³/mol. The first-order valence-corrected chi connectivity index (χ1v) is 13.0. The molecule has 3 aromatic carbocycles. The van der Waals surface area contributed by atoms with E-state index in [9.17, 15) is 9.59 Å². The Morgan fingerprint density at radius 3 is 2.61 bits per heavy atom. The molecule has 0 saturated carbocycles. The lowest BCUT2D eigenvalue weighted by molar-refractivity contribution is -0.119. The summed E-state index contributed by atoms with van der Waals surface area (Å²) in [6.45, 7) is 2.26. The van der Waals surface area contributed by atoms with Crippen molar-refractivity contribution < 1.29 is 18.7 Å². The average Bonchev–Trinajstić information content (AvgIpc) is 3.40. The van der Waals surface area contributed by atoms with E-state index in [1.165, 1.54) is 0 Å². The molecule has 1 aliphatic rings. The summed E-state index contributed by atoms with van der Waals surface area (Å²) in [6.07, 6.45) is 4.29. The van der Waals surface area contributed by atoms with Gasteiger partial charge in [0.05, 0.1) is 23.5 Å². The summed E-state index contributed by atoms with van der Waals surface area (Å²) in [5.74, 6) is 0.977. The van der Waals surface area contributed by atoms with E-state index >= 15 is 0 Å². The molecule has 8 nitrogen and oxygen atoms in total. The Kier molecular flexibility index (Phi) is 7.72. The van der Waals surface area contributed by atoms with Gasteiger partial charge in [-0.2, -0.15) is 4.48 Å². The zero-order chi connectivity index (χ0) is 26.4. The summed E-state index contributed by atoms with van der Waals surface area (Å²) < 4.78 is 12.2. The number of hydrogen-bond acceptors (Lipinski definition) is 6. The number of ether oxygens (including phenoxy) is 1. The molecule has 38 heavy (non-hydrogen) atoms. The van der Waals surface area contributed by atoms with E-state index in [4.69, 9.17) is 14.9 Å². The maximum atomic E-state index is 12.7. The van der Waals surface area contributed by atoms with E-state index in [0.29, 0.717) is 48.3 Å². The molecule has 5 rings (SSSR count). The number of rotatable bonds is 10. The normalized spacial score (nSPS) is 17.0. The van der Waals surface area contributed by atoms with Gasteiger partial charge in [-0.15, -0.1) is 0 Å². The Bertz CT molecular complexity index is 1360. The molecule has 8 heteroatoms. The molecule has 0 spiro atoms. The lowest BCUT2D eigenvalue weighted by Gasteiger charge is -2.34. The lowest BCUT2D eigenvalue weighted by Crippen LogP contribution is -2.57. The molecule has 1 aliphatic heterocycles. The Hall–Kier alpha value is -4.14. The van der Waals surface area contributed by atoms with Crippen LogP contribution in [-0.2, 0) is 4.79 Å². The van der Waals surface area contributed by atoms with Crippen molar-refractivity contribution in [3.63, 3.8) is 0 Å². The molecule has 1 aromatic heterocycles. The van der Waals surface area contributed by atoms with Crippen LogP contribution in [-0.4, -0.2) is 44.6 Å². The Labute approximate surface area is 222 Å². The second kappa shape index (κ2) is 11.5. The molecule has 2 amide bonds. The number of benzene rings is 3. The van der Waals surface area contributed by atoms with Crippen LogP contribution in [0.2, 0.25) is 0 Å². The van der Waals surface area contributed by atoms with Gasteiger partial charge in [0.1, 0.15) is 31.0 Å². The molecule has 196 valence electrons. The van der Waals surface area contributed by atoms with E-state index < -0.39 is 0 Å². The van der Waals surface area contributed by atoms with Gasteiger partial charge in [0.2, 0.25) is 0 Å². The fourth-order valence-corrected chi connectivity index (χ4v) is 4.93. The first-order chi connectivity index (χ1) is 18.6. The van der Waals surface area contributed by atoms with Crippen LogP contribution >= 0.6 is 0 Å². The maximum absolute atomic E-state index is 12.7. The van der Waals surface area contributed by atoms with Crippen molar-refractivity contribution in [2.45, 2.75) is 25.3 Å². The van der Waals surface area contributed by atoms with Gasteiger partial charge < -0.3 is 25.5 Å². The number of nitrogens with two attached hydrogens (primary N) is 1. The van der Waals surface area contributed by atoms with Crippen LogP contribution in [0.3, 0.4) is 0 Å². The summed E-state index contributed by atoms with van der Waals surface area (Å²) in [5, 5.41) is 7.35. The number of nitrogens with zero attached hydrogens (tertiary/aromatic N) is 1. The van der Waals surface area contributed by atoms with Crippen LogP contribution in [0.25, 0.3) is 11.0 Å². The summed E-state index contributed by atoms with van der Waals surface area (Å²) in [7, 11) is 0. The molecule has 0 radical (unpaired) electrons. The molecule has 1 fully saturated rings. The van der Waals surface area contributed by atoms with E-state index in [-0.39, 0.29) is 16.4 Å². The average molecular weight is 514 g/mol. The second-order valence-corrected chi connectivity index (χ2v) is 9.73. The zero-order valence-corrected chi connectivity index (χ0v) is 21.3. The third-order valence-corrected chi connectivity index (χ3v) is 7.10. The van der Waals surface area contributed by atoms with Crippen LogP contribution in [0.5, 0.6) is 5.75 Å². The fourth-order valence-electron chi connectivity index (χ4n) is 4.93. The Morgan fingerprint density at radius 2 is 1.87 bits per heavy atom. The van der Waals surface area contributed by atoms with Crippen molar-refractivity contribution >= 4 is 40.5 Å². The van der Waals surface area contributed by atoms with Crippen molar-refractivity contribution in [2.24, 2.45) is 0 Å². The van der Waals surface area contributed by atoms with Gasteiger partial charge in [0, 0.05) is 10.9 Å². The lowest BCUT2D eigenvalue weighted by atomic mass is 10.0. The second-order valence-electron chi connectivity index (χ2n) is 9.73. The molecule has 0 aliphatic carbocycles. The molecule has 4 aromatic rings. The Balaban J connectivity index is 1.27. The van der Waals surface area contributed by atoms with Crippen LogP contribution < -0.4 is 25.6 Å². The number of furan rings is 1. The predicted octanol–water partition coefficient (Wildman–Crippen LogP) is 4.95. The molecule has 0 bridgehead atoms. The van der Waals surface area contributed by atoms with E-state index in [0.717, 1.165) is 43.2 Å². The zero-order valence-electron chi connectivity index (χ0n) is 21.3. The molecule has 2 atom stereocenters. The van der Waals surface area contributed by atoms with Gasteiger partial charge in [0.25, 0.3) is 5.91 Å². The summed E-state index contributed by atoms with van der Waals surface area (Å²) in [4.78, 5) is 25.3. The number of hydrogen-bond donors (Lipinski definition) is 3. The van der Waals surface area contributed by atoms with Crippen LogP contribution in [0, 0.1) is 0 Å². The number of anilines is 2. The molecular weight excluding hydrogens is 480 g/mol. The van der Waals surface area contributed by atoms with Gasteiger partial charge in [-0.25, -0.2) is 4.79 Å². The van der Waals surface area contributed by atoms with Crippen molar-refractivity contribution in [2.75, 3.05) is 37.3 Å².